The number of sulfone groups is 1. The molecule has 3 nitrogen and oxygen atoms in total. The Morgan fingerprint density at radius 1 is 1.18 bits per heavy atom. The van der Waals surface area contributed by atoms with Crippen molar-refractivity contribution in [3.8, 4) is 17.6 Å². The van der Waals surface area contributed by atoms with E-state index in [1.54, 1.807) is 6.08 Å². The SMILES string of the molecule is O=S(=O)(C1=CCC#CC=C1)c1ccc(O)cc1. The van der Waals surface area contributed by atoms with Crippen LogP contribution in [-0.2, 0) is 9.84 Å². The fourth-order valence-corrected chi connectivity index (χ4v) is 2.74. The van der Waals surface area contributed by atoms with E-state index in [2.05, 4.69) is 11.8 Å². The zero-order valence-corrected chi connectivity index (χ0v) is 9.74. The van der Waals surface area contributed by atoms with E-state index in [0.29, 0.717) is 6.42 Å². The highest BCUT2D eigenvalue weighted by molar-refractivity contribution is 7.95. The Bertz CT molecular complexity index is 638. The van der Waals surface area contributed by atoms with E-state index in [1.165, 1.54) is 36.4 Å². The Balaban J connectivity index is 2.44. The molecule has 2 rings (SSSR count). The molecular formula is C13H10O3S. The molecule has 1 aromatic carbocycles. The minimum atomic E-state index is -3.52. The van der Waals surface area contributed by atoms with Gasteiger partial charge in [-0.1, -0.05) is 17.9 Å². The standard InChI is InChI=1S/C13H10O3S/c14-11-7-9-13(10-8-11)17(15,16)12-5-3-1-2-4-6-12/h3,5-10,14H,4H2. The molecule has 1 aromatic rings. The quantitative estimate of drug-likeness (QED) is 0.812. The Hall–Kier alpha value is -1.99. The molecule has 0 saturated heterocycles. The van der Waals surface area contributed by atoms with Crippen molar-refractivity contribution in [2.75, 3.05) is 0 Å². The minimum Gasteiger partial charge on any atom is -0.508 e. The van der Waals surface area contributed by atoms with E-state index >= 15 is 0 Å². The van der Waals surface area contributed by atoms with Crippen LogP contribution in [0, 0.1) is 11.8 Å². The van der Waals surface area contributed by atoms with Crippen LogP contribution >= 0.6 is 0 Å². The average molecular weight is 246 g/mol. The van der Waals surface area contributed by atoms with Gasteiger partial charge in [0, 0.05) is 6.42 Å². The molecule has 86 valence electrons. The largest absolute Gasteiger partial charge is 0.508 e. The number of phenols is 1. The van der Waals surface area contributed by atoms with Crippen LogP contribution in [0.5, 0.6) is 5.75 Å². The summed E-state index contributed by atoms with van der Waals surface area (Å²) < 4.78 is 24.4. The summed E-state index contributed by atoms with van der Waals surface area (Å²) in [6.45, 7) is 0. The molecule has 0 atom stereocenters. The zero-order chi connectivity index (χ0) is 12.3. The lowest BCUT2D eigenvalue weighted by Crippen LogP contribution is -2.02. The molecule has 17 heavy (non-hydrogen) atoms. The second-order valence-corrected chi connectivity index (χ2v) is 5.41. The molecule has 1 N–H and O–H groups in total. The fraction of sp³-hybridized carbons (Fsp3) is 0.0769. The molecule has 0 aromatic heterocycles. The number of hydrogen-bond donors (Lipinski definition) is 1. The summed E-state index contributed by atoms with van der Waals surface area (Å²) in [4.78, 5) is 0.383. The maximum atomic E-state index is 12.2. The van der Waals surface area contributed by atoms with Crippen LogP contribution in [0.4, 0.5) is 0 Å². The summed E-state index contributed by atoms with van der Waals surface area (Å²) in [5, 5.41) is 9.13. The molecule has 0 bridgehead atoms. The minimum absolute atomic E-state index is 0.0395. The van der Waals surface area contributed by atoms with Crippen molar-refractivity contribution in [1.82, 2.24) is 0 Å². The number of phenolic OH excluding ortho intramolecular Hbond substituents is 1. The van der Waals surface area contributed by atoms with Crippen LogP contribution in [-0.4, -0.2) is 13.5 Å². The Labute approximate surface area is 100 Å². The van der Waals surface area contributed by atoms with Crippen LogP contribution in [0.1, 0.15) is 6.42 Å². The molecule has 0 saturated carbocycles. The topological polar surface area (TPSA) is 54.4 Å². The molecule has 0 aliphatic heterocycles. The van der Waals surface area contributed by atoms with Gasteiger partial charge in [0.25, 0.3) is 0 Å². The molecule has 0 radical (unpaired) electrons. The predicted octanol–water partition coefficient (Wildman–Crippen LogP) is 2.01. The van der Waals surface area contributed by atoms with Gasteiger partial charge in [0.1, 0.15) is 5.75 Å². The van der Waals surface area contributed by atoms with Crippen LogP contribution in [0.3, 0.4) is 0 Å². The van der Waals surface area contributed by atoms with Crippen LogP contribution < -0.4 is 0 Å². The van der Waals surface area contributed by atoms with Gasteiger partial charge in [-0.2, -0.15) is 0 Å². The number of hydrogen-bond acceptors (Lipinski definition) is 3. The maximum absolute atomic E-state index is 12.2. The molecule has 1 aliphatic rings. The third kappa shape index (κ3) is 2.40. The lowest BCUT2D eigenvalue weighted by atomic mass is 10.3. The summed E-state index contributed by atoms with van der Waals surface area (Å²) in [5.74, 6) is 5.55. The first-order chi connectivity index (χ1) is 8.10. The summed E-state index contributed by atoms with van der Waals surface area (Å²) >= 11 is 0. The molecular weight excluding hydrogens is 236 g/mol. The number of benzene rings is 1. The summed E-state index contributed by atoms with van der Waals surface area (Å²) in [5.41, 5.74) is 0. The van der Waals surface area contributed by atoms with Crippen molar-refractivity contribution >= 4 is 9.84 Å². The van der Waals surface area contributed by atoms with Gasteiger partial charge in [0.2, 0.25) is 9.84 Å². The van der Waals surface area contributed by atoms with E-state index in [1.807, 2.05) is 0 Å². The predicted molar refractivity (Wildman–Crippen MR) is 64.9 cm³/mol. The Morgan fingerprint density at radius 3 is 2.59 bits per heavy atom. The van der Waals surface area contributed by atoms with Gasteiger partial charge in [-0.15, -0.1) is 0 Å². The van der Waals surface area contributed by atoms with Gasteiger partial charge >= 0.3 is 0 Å². The highest BCUT2D eigenvalue weighted by Crippen LogP contribution is 2.23. The van der Waals surface area contributed by atoms with Crippen molar-refractivity contribution < 1.29 is 13.5 Å². The first kappa shape index (κ1) is 11.5. The monoisotopic (exact) mass is 246 g/mol. The second kappa shape index (κ2) is 4.48. The first-order valence-electron chi connectivity index (χ1n) is 5.00. The van der Waals surface area contributed by atoms with E-state index in [0.717, 1.165) is 0 Å². The van der Waals surface area contributed by atoms with Crippen LogP contribution in [0.15, 0.2) is 52.3 Å². The van der Waals surface area contributed by atoms with Gasteiger partial charge in [-0.05, 0) is 36.4 Å². The molecule has 0 spiro atoms. The molecule has 0 amide bonds. The van der Waals surface area contributed by atoms with Crippen molar-refractivity contribution in [3.05, 3.63) is 47.4 Å². The van der Waals surface area contributed by atoms with E-state index in [9.17, 15) is 8.42 Å². The lowest BCUT2D eigenvalue weighted by Gasteiger charge is -2.04. The van der Waals surface area contributed by atoms with Crippen LogP contribution in [0.25, 0.3) is 0 Å². The van der Waals surface area contributed by atoms with Gasteiger partial charge < -0.3 is 5.11 Å². The second-order valence-electron chi connectivity index (χ2n) is 3.46. The Morgan fingerprint density at radius 2 is 1.88 bits per heavy atom. The highest BCUT2D eigenvalue weighted by Gasteiger charge is 2.18. The average Bonchev–Trinajstić information content (AvgIpc) is 2.58. The van der Waals surface area contributed by atoms with Crippen molar-refractivity contribution in [2.45, 2.75) is 11.3 Å². The smallest absolute Gasteiger partial charge is 0.206 e. The number of aromatic hydroxyl groups is 1. The van der Waals surface area contributed by atoms with Gasteiger partial charge in [0.15, 0.2) is 0 Å². The molecule has 1 aliphatic carbocycles. The van der Waals surface area contributed by atoms with Crippen molar-refractivity contribution in [3.63, 3.8) is 0 Å². The zero-order valence-electron chi connectivity index (χ0n) is 8.92. The summed E-state index contributed by atoms with van der Waals surface area (Å²) in [6.07, 6.45) is 5.01. The van der Waals surface area contributed by atoms with Crippen molar-refractivity contribution in [1.29, 1.82) is 0 Å². The number of allylic oxidation sites excluding steroid dienone is 3. The van der Waals surface area contributed by atoms with E-state index in [4.69, 9.17) is 5.11 Å². The molecule has 4 heteroatoms. The van der Waals surface area contributed by atoms with Gasteiger partial charge in [-0.3, -0.25) is 0 Å². The normalized spacial score (nSPS) is 14.5. The highest BCUT2D eigenvalue weighted by atomic mass is 32.2. The third-order valence-corrected chi connectivity index (χ3v) is 4.11. The van der Waals surface area contributed by atoms with Gasteiger partial charge in [0.05, 0.1) is 9.80 Å². The van der Waals surface area contributed by atoms with E-state index < -0.39 is 9.84 Å². The first-order valence-corrected chi connectivity index (χ1v) is 6.48. The van der Waals surface area contributed by atoms with Crippen molar-refractivity contribution in [2.24, 2.45) is 0 Å². The van der Waals surface area contributed by atoms with Crippen LogP contribution in [0.2, 0.25) is 0 Å². The van der Waals surface area contributed by atoms with E-state index in [-0.39, 0.29) is 15.6 Å². The fourth-order valence-electron chi connectivity index (χ4n) is 1.42. The lowest BCUT2D eigenvalue weighted by molar-refractivity contribution is 0.475. The molecule has 0 heterocycles. The van der Waals surface area contributed by atoms with Gasteiger partial charge in [-0.25, -0.2) is 8.42 Å². The molecule has 0 unspecified atom stereocenters. The maximum Gasteiger partial charge on any atom is 0.206 e. The number of rotatable bonds is 2. The molecule has 0 fully saturated rings. The Kier molecular flexibility index (Phi) is 3.03. The summed E-state index contributed by atoms with van der Waals surface area (Å²) in [6, 6.07) is 5.46. The summed E-state index contributed by atoms with van der Waals surface area (Å²) in [7, 11) is -3.52. The third-order valence-electron chi connectivity index (χ3n) is 2.30.